The highest BCUT2D eigenvalue weighted by atomic mass is 14.2. The van der Waals surface area contributed by atoms with Crippen molar-refractivity contribution in [2.45, 2.75) is 60.8 Å². The minimum Gasteiger partial charge on any atom is -0.0827 e. The normalized spacial score (nSPS) is 13.6. The molecule has 0 N–H and O–H groups in total. The van der Waals surface area contributed by atoms with Crippen LogP contribution in [-0.2, 0) is 6.42 Å². The summed E-state index contributed by atoms with van der Waals surface area (Å²) in [7, 11) is 0. The van der Waals surface area contributed by atoms with Crippen LogP contribution in [0.25, 0.3) is 11.1 Å². The highest BCUT2D eigenvalue weighted by Gasteiger charge is 2.18. The van der Waals surface area contributed by atoms with E-state index in [2.05, 4.69) is 97.0 Å². The first-order valence-electron chi connectivity index (χ1n) is 9.66. The molecule has 2 rings (SSSR count). The van der Waals surface area contributed by atoms with Crippen LogP contribution in [0.4, 0.5) is 0 Å². The molecular formula is C25H34. The molecule has 0 fully saturated rings. The molecule has 1 unspecified atom stereocenters. The summed E-state index contributed by atoms with van der Waals surface area (Å²) >= 11 is 0. The van der Waals surface area contributed by atoms with E-state index in [9.17, 15) is 0 Å². The van der Waals surface area contributed by atoms with E-state index in [0.29, 0.717) is 17.8 Å². The van der Waals surface area contributed by atoms with E-state index in [1.165, 1.54) is 33.4 Å². The minimum atomic E-state index is 0.574. The first-order valence-corrected chi connectivity index (χ1v) is 9.66. The molecule has 0 saturated heterocycles. The Morgan fingerprint density at radius 2 is 1.56 bits per heavy atom. The number of allylic oxidation sites excluding steroid dienone is 2. The van der Waals surface area contributed by atoms with Crippen molar-refractivity contribution < 1.29 is 0 Å². The van der Waals surface area contributed by atoms with E-state index in [4.69, 9.17) is 0 Å². The zero-order chi connectivity index (χ0) is 18.6. The average Bonchev–Trinajstić information content (AvgIpc) is 2.56. The summed E-state index contributed by atoms with van der Waals surface area (Å²) in [6.45, 7) is 16.1. The lowest BCUT2D eigenvalue weighted by Gasteiger charge is -2.24. The van der Waals surface area contributed by atoms with Gasteiger partial charge in [0.05, 0.1) is 0 Å². The van der Waals surface area contributed by atoms with Gasteiger partial charge in [-0.25, -0.2) is 0 Å². The molecule has 0 nitrogen and oxygen atoms in total. The second-order valence-electron chi connectivity index (χ2n) is 8.14. The first-order chi connectivity index (χ1) is 11.8. The molecule has 0 aliphatic carbocycles. The van der Waals surface area contributed by atoms with Crippen molar-refractivity contribution >= 4 is 0 Å². The Kier molecular flexibility index (Phi) is 6.64. The fraction of sp³-hybridized carbons (Fsp3) is 0.440. The van der Waals surface area contributed by atoms with Gasteiger partial charge in [0.25, 0.3) is 0 Å². The molecule has 0 spiro atoms. The standard InChI is InChI=1S/C25H34/c1-17(2)15-19(5)16-25-21(7)23(22-11-9-8-10-12-22)13-14-24(25)20(6)18(3)4/h8-15,17-18,20H,16H2,1-7H3/b19-15-. The van der Waals surface area contributed by atoms with Crippen molar-refractivity contribution in [3.05, 3.63) is 70.8 Å². The van der Waals surface area contributed by atoms with E-state index in [1.807, 2.05) is 0 Å². The van der Waals surface area contributed by atoms with Crippen LogP contribution in [0.15, 0.2) is 54.1 Å². The average molecular weight is 335 g/mol. The zero-order valence-electron chi connectivity index (χ0n) is 17.1. The summed E-state index contributed by atoms with van der Waals surface area (Å²) in [6.07, 6.45) is 3.45. The van der Waals surface area contributed by atoms with E-state index in [-0.39, 0.29) is 0 Å². The van der Waals surface area contributed by atoms with Crippen molar-refractivity contribution in [2.75, 3.05) is 0 Å². The van der Waals surface area contributed by atoms with Crippen molar-refractivity contribution in [1.82, 2.24) is 0 Å². The smallest absolute Gasteiger partial charge is 0.00641 e. The minimum absolute atomic E-state index is 0.574. The second-order valence-corrected chi connectivity index (χ2v) is 8.14. The zero-order valence-corrected chi connectivity index (χ0v) is 17.1. The van der Waals surface area contributed by atoms with Crippen LogP contribution in [0.5, 0.6) is 0 Å². The van der Waals surface area contributed by atoms with E-state index in [0.717, 1.165) is 6.42 Å². The Morgan fingerprint density at radius 3 is 2.12 bits per heavy atom. The van der Waals surface area contributed by atoms with Crippen LogP contribution in [-0.4, -0.2) is 0 Å². The maximum Gasteiger partial charge on any atom is -0.00641 e. The Morgan fingerprint density at radius 1 is 0.920 bits per heavy atom. The number of rotatable bonds is 6. The van der Waals surface area contributed by atoms with Crippen molar-refractivity contribution in [3.8, 4) is 11.1 Å². The quantitative estimate of drug-likeness (QED) is 0.478. The lowest BCUT2D eigenvalue weighted by Crippen LogP contribution is -2.09. The molecule has 0 amide bonds. The van der Waals surface area contributed by atoms with Crippen LogP contribution in [0.2, 0.25) is 0 Å². The predicted molar refractivity (Wildman–Crippen MR) is 112 cm³/mol. The molecule has 0 heterocycles. The maximum atomic E-state index is 2.40. The third-order valence-electron chi connectivity index (χ3n) is 5.28. The van der Waals surface area contributed by atoms with Crippen LogP contribution < -0.4 is 0 Å². The SMILES string of the molecule is C/C(=C/C(C)C)Cc1c(C(C)C(C)C)ccc(-c2ccccc2)c1C. The molecule has 134 valence electrons. The van der Waals surface area contributed by atoms with Crippen LogP contribution >= 0.6 is 0 Å². The monoisotopic (exact) mass is 334 g/mol. The Balaban J connectivity index is 2.57. The second kappa shape index (κ2) is 8.52. The first kappa shape index (κ1) is 19.5. The van der Waals surface area contributed by atoms with Gasteiger partial charge in [-0.3, -0.25) is 0 Å². The van der Waals surface area contributed by atoms with Gasteiger partial charge in [-0.1, -0.05) is 88.7 Å². The lowest BCUT2D eigenvalue weighted by atomic mass is 9.81. The van der Waals surface area contributed by atoms with Crippen molar-refractivity contribution in [3.63, 3.8) is 0 Å². The predicted octanol–water partition coefficient (Wildman–Crippen LogP) is 7.57. The van der Waals surface area contributed by atoms with E-state index >= 15 is 0 Å². The molecule has 25 heavy (non-hydrogen) atoms. The molecule has 1 atom stereocenters. The van der Waals surface area contributed by atoms with Gasteiger partial charge in [-0.2, -0.15) is 0 Å². The lowest BCUT2D eigenvalue weighted by molar-refractivity contribution is 0.531. The maximum absolute atomic E-state index is 2.40. The fourth-order valence-corrected chi connectivity index (χ4v) is 3.64. The summed E-state index contributed by atoms with van der Waals surface area (Å²) in [6, 6.07) is 15.5. The number of hydrogen-bond acceptors (Lipinski definition) is 0. The third kappa shape index (κ3) is 4.84. The molecular weight excluding hydrogens is 300 g/mol. The van der Waals surface area contributed by atoms with Crippen LogP contribution in [0.1, 0.15) is 64.2 Å². The van der Waals surface area contributed by atoms with Gasteiger partial charge in [0, 0.05) is 0 Å². The topological polar surface area (TPSA) is 0 Å². The molecule has 0 aromatic heterocycles. The largest absolute Gasteiger partial charge is 0.0827 e. The van der Waals surface area contributed by atoms with Crippen molar-refractivity contribution in [1.29, 1.82) is 0 Å². The summed E-state index contributed by atoms with van der Waals surface area (Å²) in [5, 5.41) is 0. The third-order valence-corrected chi connectivity index (χ3v) is 5.28. The van der Waals surface area contributed by atoms with Crippen molar-refractivity contribution in [2.24, 2.45) is 11.8 Å². The Labute approximate surface area is 155 Å². The van der Waals surface area contributed by atoms with E-state index in [1.54, 1.807) is 0 Å². The molecule has 0 radical (unpaired) electrons. The molecule has 0 aliphatic heterocycles. The van der Waals surface area contributed by atoms with Gasteiger partial charge < -0.3 is 0 Å². The van der Waals surface area contributed by atoms with Gasteiger partial charge in [-0.05, 0) is 65.8 Å². The number of benzene rings is 2. The molecule has 2 aromatic rings. The molecule has 0 saturated carbocycles. The van der Waals surface area contributed by atoms with Crippen LogP contribution in [0, 0.1) is 18.8 Å². The highest BCUT2D eigenvalue weighted by Crippen LogP contribution is 2.35. The van der Waals surface area contributed by atoms with E-state index < -0.39 is 0 Å². The fourth-order valence-electron chi connectivity index (χ4n) is 3.64. The summed E-state index contributed by atoms with van der Waals surface area (Å²) < 4.78 is 0. The Hall–Kier alpha value is -1.82. The van der Waals surface area contributed by atoms with Gasteiger partial charge in [0.2, 0.25) is 0 Å². The summed E-state index contributed by atoms with van der Waals surface area (Å²) in [4.78, 5) is 0. The van der Waals surface area contributed by atoms with Gasteiger partial charge in [0.15, 0.2) is 0 Å². The molecule has 0 aliphatic rings. The summed E-state index contributed by atoms with van der Waals surface area (Å²) in [5.74, 6) is 1.82. The Bertz CT molecular complexity index is 717. The van der Waals surface area contributed by atoms with Gasteiger partial charge in [0.1, 0.15) is 0 Å². The van der Waals surface area contributed by atoms with Gasteiger partial charge in [-0.15, -0.1) is 0 Å². The molecule has 2 aromatic carbocycles. The molecule has 0 heteroatoms. The highest BCUT2D eigenvalue weighted by molar-refractivity contribution is 5.69. The summed E-state index contributed by atoms with van der Waals surface area (Å²) in [5.41, 5.74) is 8.64. The number of hydrogen-bond donors (Lipinski definition) is 0. The van der Waals surface area contributed by atoms with Gasteiger partial charge >= 0.3 is 0 Å². The van der Waals surface area contributed by atoms with Crippen LogP contribution in [0.3, 0.4) is 0 Å². The molecule has 0 bridgehead atoms.